The van der Waals surface area contributed by atoms with E-state index in [2.05, 4.69) is 0 Å². The summed E-state index contributed by atoms with van der Waals surface area (Å²) in [5, 5.41) is 0. The number of hydrogen-bond donors (Lipinski definition) is 0. The number of halogens is 1. The molecule has 2 aliphatic heterocycles. The predicted molar refractivity (Wildman–Crippen MR) is 93.4 cm³/mol. The van der Waals surface area contributed by atoms with E-state index in [4.69, 9.17) is 0 Å². The molecule has 1 aromatic carbocycles. The molecule has 0 saturated carbocycles. The van der Waals surface area contributed by atoms with E-state index in [1.165, 1.54) is 17.0 Å². The van der Waals surface area contributed by atoms with Gasteiger partial charge in [-0.05, 0) is 24.1 Å². The topological polar surface area (TPSA) is 60.9 Å². The number of amides is 3. The fourth-order valence-electron chi connectivity index (χ4n) is 3.55. The molecule has 0 N–H and O–H groups in total. The van der Waals surface area contributed by atoms with Gasteiger partial charge >= 0.3 is 0 Å². The van der Waals surface area contributed by atoms with Crippen molar-refractivity contribution < 1.29 is 18.8 Å². The Balaban J connectivity index is 1.78. The highest BCUT2D eigenvalue weighted by Gasteiger charge is 2.42. The van der Waals surface area contributed by atoms with E-state index in [1.54, 1.807) is 21.9 Å². The van der Waals surface area contributed by atoms with Crippen molar-refractivity contribution >= 4 is 17.7 Å². The molecule has 0 aliphatic carbocycles. The normalized spacial score (nSPS) is 21.1. The maximum Gasteiger partial charge on any atom is 0.247 e. The van der Waals surface area contributed by atoms with Gasteiger partial charge in [-0.25, -0.2) is 4.39 Å². The summed E-state index contributed by atoms with van der Waals surface area (Å²) in [6, 6.07) is 5.27. The molecule has 1 aromatic rings. The van der Waals surface area contributed by atoms with Gasteiger partial charge in [0.1, 0.15) is 18.4 Å². The zero-order valence-corrected chi connectivity index (χ0v) is 15.2. The van der Waals surface area contributed by atoms with Crippen LogP contribution in [0.1, 0.15) is 25.8 Å². The molecule has 2 fully saturated rings. The lowest BCUT2D eigenvalue weighted by Gasteiger charge is -2.40. The molecule has 0 radical (unpaired) electrons. The van der Waals surface area contributed by atoms with Crippen molar-refractivity contribution in [1.29, 1.82) is 0 Å². The van der Waals surface area contributed by atoms with Crippen LogP contribution in [0.4, 0.5) is 4.39 Å². The van der Waals surface area contributed by atoms with Crippen LogP contribution in [-0.2, 0) is 20.9 Å². The first-order chi connectivity index (χ1) is 12.4. The van der Waals surface area contributed by atoms with Crippen LogP contribution in [0.3, 0.4) is 0 Å². The van der Waals surface area contributed by atoms with Gasteiger partial charge in [-0.2, -0.15) is 0 Å². The Morgan fingerprint density at radius 3 is 2.54 bits per heavy atom. The molecule has 1 unspecified atom stereocenters. The third-order valence-corrected chi connectivity index (χ3v) is 4.93. The van der Waals surface area contributed by atoms with Crippen molar-refractivity contribution in [1.82, 2.24) is 14.7 Å². The molecule has 6 nitrogen and oxygen atoms in total. The van der Waals surface area contributed by atoms with E-state index in [9.17, 15) is 18.8 Å². The maximum absolute atomic E-state index is 13.1. The number of carbonyl (C=O) groups excluding carboxylic acids is 3. The summed E-state index contributed by atoms with van der Waals surface area (Å²) in [7, 11) is 0. The summed E-state index contributed by atoms with van der Waals surface area (Å²) >= 11 is 0. The maximum atomic E-state index is 13.1. The molecule has 2 heterocycles. The zero-order valence-electron chi connectivity index (χ0n) is 15.2. The zero-order chi connectivity index (χ0) is 18.8. The Morgan fingerprint density at radius 2 is 1.88 bits per heavy atom. The summed E-state index contributed by atoms with van der Waals surface area (Å²) in [5.41, 5.74) is 0.768. The van der Waals surface area contributed by atoms with Crippen molar-refractivity contribution in [2.45, 2.75) is 32.9 Å². The van der Waals surface area contributed by atoms with Crippen LogP contribution in [0, 0.1) is 11.7 Å². The van der Waals surface area contributed by atoms with Crippen molar-refractivity contribution in [3.8, 4) is 0 Å². The van der Waals surface area contributed by atoms with E-state index < -0.39 is 6.04 Å². The summed E-state index contributed by atoms with van der Waals surface area (Å²) in [6.07, 6.45) is 0.673. The van der Waals surface area contributed by atoms with Crippen molar-refractivity contribution in [2.24, 2.45) is 5.92 Å². The second-order valence-corrected chi connectivity index (χ2v) is 7.22. The third kappa shape index (κ3) is 3.71. The molecule has 0 aromatic heterocycles. The molecule has 7 heteroatoms. The fraction of sp³-hybridized carbons (Fsp3) is 0.526. The number of benzene rings is 1. The van der Waals surface area contributed by atoms with Crippen LogP contribution < -0.4 is 0 Å². The molecule has 26 heavy (non-hydrogen) atoms. The minimum absolute atomic E-state index is 0.00255. The quantitative estimate of drug-likeness (QED) is 0.814. The predicted octanol–water partition coefficient (Wildman–Crippen LogP) is 1.25. The molecule has 2 aliphatic rings. The van der Waals surface area contributed by atoms with Crippen molar-refractivity contribution in [3.05, 3.63) is 35.6 Å². The van der Waals surface area contributed by atoms with Gasteiger partial charge in [-0.15, -0.1) is 0 Å². The summed E-state index contributed by atoms with van der Waals surface area (Å²) in [4.78, 5) is 42.7. The van der Waals surface area contributed by atoms with Crippen LogP contribution in [0.25, 0.3) is 0 Å². The number of piperazine rings is 1. The third-order valence-electron chi connectivity index (χ3n) is 4.93. The van der Waals surface area contributed by atoms with Gasteiger partial charge in [0.25, 0.3) is 0 Å². The summed E-state index contributed by atoms with van der Waals surface area (Å²) in [5.74, 6) is -0.741. The first-order valence-electron chi connectivity index (χ1n) is 8.98. The number of carbonyl (C=O) groups is 3. The lowest BCUT2D eigenvalue weighted by molar-refractivity contribution is -0.157. The van der Waals surface area contributed by atoms with Crippen LogP contribution in [0.2, 0.25) is 0 Å². The fourth-order valence-corrected chi connectivity index (χ4v) is 3.55. The Kier molecular flexibility index (Phi) is 5.25. The summed E-state index contributed by atoms with van der Waals surface area (Å²) in [6.45, 7) is 5.23. The first kappa shape index (κ1) is 18.4. The standard InChI is InChI=1S/C19H24FN3O3/c1-13(2)18(25)21-8-3-9-23-16(11-21)19(26)22(12-17(23)24)10-14-4-6-15(20)7-5-14/h4-7,13,16H,3,8-12H2,1-2H3. The van der Waals surface area contributed by atoms with Gasteiger partial charge < -0.3 is 14.7 Å². The first-order valence-corrected chi connectivity index (χ1v) is 8.98. The molecular formula is C19H24FN3O3. The Labute approximate surface area is 152 Å². The van der Waals surface area contributed by atoms with Crippen LogP contribution in [-0.4, -0.2) is 64.6 Å². The average molecular weight is 361 g/mol. The second kappa shape index (κ2) is 7.43. The van der Waals surface area contributed by atoms with Gasteiger partial charge in [0.2, 0.25) is 17.7 Å². The number of nitrogens with zero attached hydrogens (tertiary/aromatic N) is 3. The minimum Gasteiger partial charge on any atom is -0.340 e. The van der Waals surface area contributed by atoms with Crippen LogP contribution in [0.5, 0.6) is 0 Å². The largest absolute Gasteiger partial charge is 0.340 e. The Hall–Kier alpha value is -2.44. The van der Waals surface area contributed by atoms with E-state index in [0.29, 0.717) is 19.5 Å². The summed E-state index contributed by atoms with van der Waals surface area (Å²) < 4.78 is 13.1. The van der Waals surface area contributed by atoms with Crippen molar-refractivity contribution in [3.63, 3.8) is 0 Å². The number of rotatable bonds is 3. The highest BCUT2D eigenvalue weighted by molar-refractivity contribution is 5.95. The van der Waals surface area contributed by atoms with Crippen LogP contribution >= 0.6 is 0 Å². The van der Waals surface area contributed by atoms with Crippen molar-refractivity contribution in [2.75, 3.05) is 26.2 Å². The lowest BCUT2D eigenvalue weighted by Crippen LogP contribution is -2.61. The van der Waals surface area contributed by atoms with Gasteiger partial charge in [-0.3, -0.25) is 14.4 Å². The Morgan fingerprint density at radius 1 is 1.19 bits per heavy atom. The average Bonchev–Trinajstić information content (AvgIpc) is 2.84. The highest BCUT2D eigenvalue weighted by atomic mass is 19.1. The molecular weight excluding hydrogens is 337 g/mol. The molecule has 1 atom stereocenters. The molecule has 3 amide bonds. The lowest BCUT2D eigenvalue weighted by atomic mass is 10.1. The van der Waals surface area contributed by atoms with Gasteiger partial charge in [0.15, 0.2) is 0 Å². The smallest absolute Gasteiger partial charge is 0.247 e. The minimum atomic E-state index is -0.637. The number of hydrogen-bond acceptors (Lipinski definition) is 3. The molecule has 0 bridgehead atoms. The molecule has 3 rings (SSSR count). The Bertz CT molecular complexity index is 704. The van der Waals surface area contributed by atoms with Gasteiger partial charge in [0.05, 0.1) is 6.54 Å². The monoisotopic (exact) mass is 361 g/mol. The number of fused-ring (bicyclic) bond motifs is 1. The van der Waals surface area contributed by atoms with E-state index in [1.807, 2.05) is 13.8 Å². The SMILES string of the molecule is CC(C)C(=O)N1CCCN2C(=O)CN(Cc3ccc(F)cc3)C(=O)C2C1. The van der Waals surface area contributed by atoms with Gasteiger partial charge in [-0.1, -0.05) is 26.0 Å². The van der Waals surface area contributed by atoms with E-state index in [0.717, 1.165) is 5.56 Å². The van der Waals surface area contributed by atoms with Crippen LogP contribution in [0.15, 0.2) is 24.3 Å². The molecule has 0 spiro atoms. The van der Waals surface area contributed by atoms with E-state index in [-0.39, 0.29) is 49.1 Å². The van der Waals surface area contributed by atoms with E-state index >= 15 is 0 Å². The second-order valence-electron chi connectivity index (χ2n) is 7.22. The molecule has 2 saturated heterocycles. The highest BCUT2D eigenvalue weighted by Crippen LogP contribution is 2.21. The molecule has 140 valence electrons. The van der Waals surface area contributed by atoms with Gasteiger partial charge in [0, 0.05) is 25.6 Å².